The lowest BCUT2D eigenvalue weighted by molar-refractivity contribution is 0.0732. The van der Waals surface area contributed by atoms with Gasteiger partial charge in [0.1, 0.15) is 6.61 Å². The Bertz CT molecular complexity index is 1050. The maximum absolute atomic E-state index is 12.5. The molecule has 1 aliphatic rings. The first-order chi connectivity index (χ1) is 15.6. The molecular formula is C25H27ClN4O2. The fourth-order valence-electron chi connectivity index (χ4n) is 4.01. The number of hydrogen-bond acceptors (Lipinski definition) is 5. The number of carbonyl (C=O) groups excluding carboxylic acids is 1. The van der Waals surface area contributed by atoms with E-state index in [0.717, 1.165) is 29.8 Å². The summed E-state index contributed by atoms with van der Waals surface area (Å²) in [6.07, 6.45) is 2.31. The lowest BCUT2D eigenvalue weighted by Gasteiger charge is -2.36. The Kier molecular flexibility index (Phi) is 7.35. The van der Waals surface area contributed by atoms with E-state index < -0.39 is 0 Å². The maximum atomic E-state index is 12.5. The topological polar surface area (TPSA) is 67.3 Å². The van der Waals surface area contributed by atoms with E-state index >= 15 is 0 Å². The largest absolute Gasteiger partial charge is 0.445 e. The first kappa shape index (κ1) is 22.2. The van der Waals surface area contributed by atoms with Crippen LogP contribution in [0, 0.1) is 5.92 Å². The van der Waals surface area contributed by atoms with Gasteiger partial charge in [-0.05, 0) is 47.2 Å². The summed E-state index contributed by atoms with van der Waals surface area (Å²) in [4.78, 5) is 22.5. The van der Waals surface area contributed by atoms with Gasteiger partial charge in [0.25, 0.3) is 0 Å². The van der Waals surface area contributed by atoms with E-state index in [4.69, 9.17) is 16.3 Å². The summed E-state index contributed by atoms with van der Waals surface area (Å²) < 4.78 is 5.49. The van der Waals surface area contributed by atoms with Gasteiger partial charge in [-0.1, -0.05) is 55.5 Å². The normalized spacial score (nSPS) is 18.4. The number of amides is 1. The summed E-state index contributed by atoms with van der Waals surface area (Å²) in [5.74, 6) is 0.330. The lowest BCUT2D eigenvalue weighted by atomic mass is 9.94. The number of benzene rings is 2. The van der Waals surface area contributed by atoms with Gasteiger partial charge >= 0.3 is 6.09 Å². The number of halogens is 1. The van der Waals surface area contributed by atoms with Crippen LogP contribution in [0.4, 0.5) is 4.79 Å². The first-order valence-corrected chi connectivity index (χ1v) is 11.2. The van der Waals surface area contributed by atoms with Crippen LogP contribution < -0.4 is 5.32 Å². The molecule has 6 nitrogen and oxygen atoms in total. The van der Waals surface area contributed by atoms with Crippen LogP contribution >= 0.6 is 11.6 Å². The molecule has 32 heavy (non-hydrogen) atoms. The molecule has 2 heterocycles. The number of nitrogens with zero attached hydrogens (tertiary/aromatic N) is 3. The molecule has 166 valence electrons. The molecule has 1 fully saturated rings. The van der Waals surface area contributed by atoms with E-state index in [9.17, 15) is 4.79 Å². The van der Waals surface area contributed by atoms with Crippen molar-refractivity contribution in [1.29, 1.82) is 0 Å². The molecular weight excluding hydrogens is 424 g/mol. The Morgan fingerprint density at radius 2 is 1.97 bits per heavy atom. The molecule has 1 saturated heterocycles. The molecule has 2 atom stereocenters. The first-order valence-electron chi connectivity index (χ1n) is 10.9. The van der Waals surface area contributed by atoms with Crippen LogP contribution in [0.2, 0.25) is 5.28 Å². The molecule has 1 N–H and O–H groups in total. The van der Waals surface area contributed by atoms with Crippen molar-refractivity contribution in [1.82, 2.24) is 20.2 Å². The highest BCUT2D eigenvalue weighted by atomic mass is 35.5. The van der Waals surface area contributed by atoms with E-state index in [-0.39, 0.29) is 11.4 Å². The molecule has 3 aromatic rings. The second kappa shape index (κ2) is 10.6. The second-order valence-electron chi connectivity index (χ2n) is 8.15. The van der Waals surface area contributed by atoms with Gasteiger partial charge in [-0.25, -0.2) is 14.8 Å². The minimum atomic E-state index is -0.240. The summed E-state index contributed by atoms with van der Waals surface area (Å²) in [6.45, 7) is 4.60. The number of nitrogens with one attached hydrogen (secondary N) is 1. The number of likely N-dealkylation sites (tertiary alicyclic amines) is 1. The zero-order valence-corrected chi connectivity index (χ0v) is 18.8. The summed E-state index contributed by atoms with van der Waals surface area (Å²) in [7, 11) is 0. The third kappa shape index (κ3) is 5.84. The highest BCUT2D eigenvalue weighted by Crippen LogP contribution is 2.21. The molecule has 0 aliphatic carbocycles. The molecule has 0 spiro atoms. The van der Waals surface area contributed by atoms with E-state index in [0.29, 0.717) is 31.7 Å². The predicted octanol–water partition coefficient (Wildman–Crippen LogP) is 4.93. The summed E-state index contributed by atoms with van der Waals surface area (Å²) >= 11 is 5.93. The minimum Gasteiger partial charge on any atom is -0.445 e. The third-order valence-corrected chi connectivity index (χ3v) is 5.97. The second-order valence-corrected chi connectivity index (χ2v) is 8.49. The standard InChI is InChI=1S/C25H27ClN4O2/c1-18-16-30(25(31)32-17-19-6-3-2-4-7-19)13-11-22(18)28-15-20-8-5-9-21(14-20)23-10-12-27-24(26)29-23/h2-10,12,14,18,22,28H,11,13,15-17H2,1H3/t18-,22+/m0/s1. The van der Waals surface area contributed by atoms with Crippen molar-refractivity contribution in [3.63, 3.8) is 0 Å². The van der Waals surface area contributed by atoms with Crippen LogP contribution in [0.5, 0.6) is 0 Å². The summed E-state index contributed by atoms with van der Waals surface area (Å²) in [5, 5.41) is 3.90. The highest BCUT2D eigenvalue weighted by Gasteiger charge is 2.29. The predicted molar refractivity (Wildman–Crippen MR) is 125 cm³/mol. The van der Waals surface area contributed by atoms with Crippen LogP contribution in [0.15, 0.2) is 66.9 Å². The molecule has 1 amide bonds. The van der Waals surface area contributed by atoms with Gasteiger partial charge in [-0.15, -0.1) is 0 Å². The Morgan fingerprint density at radius 1 is 1.16 bits per heavy atom. The van der Waals surface area contributed by atoms with Crippen molar-refractivity contribution in [2.24, 2.45) is 5.92 Å². The number of rotatable bonds is 6. The zero-order valence-electron chi connectivity index (χ0n) is 18.1. The number of hydrogen-bond donors (Lipinski definition) is 1. The number of ether oxygens (including phenoxy) is 1. The summed E-state index contributed by atoms with van der Waals surface area (Å²) in [5.41, 5.74) is 3.99. The number of carbonyl (C=O) groups is 1. The minimum absolute atomic E-state index is 0.240. The molecule has 0 radical (unpaired) electrons. The van der Waals surface area contributed by atoms with E-state index in [1.165, 1.54) is 5.56 Å². The van der Waals surface area contributed by atoms with Crippen molar-refractivity contribution in [2.45, 2.75) is 32.5 Å². The number of piperidine rings is 1. The molecule has 7 heteroatoms. The van der Waals surface area contributed by atoms with Crippen LogP contribution in [-0.4, -0.2) is 40.1 Å². The van der Waals surface area contributed by atoms with E-state index in [1.54, 1.807) is 6.20 Å². The monoisotopic (exact) mass is 450 g/mol. The van der Waals surface area contributed by atoms with Crippen molar-refractivity contribution < 1.29 is 9.53 Å². The average Bonchev–Trinajstić information content (AvgIpc) is 2.82. The van der Waals surface area contributed by atoms with Gasteiger partial charge in [-0.3, -0.25) is 0 Å². The molecule has 1 aromatic heterocycles. The smallest absolute Gasteiger partial charge is 0.410 e. The fraction of sp³-hybridized carbons (Fsp3) is 0.320. The fourth-order valence-corrected chi connectivity index (χ4v) is 4.16. The van der Waals surface area contributed by atoms with Crippen molar-refractivity contribution in [3.8, 4) is 11.3 Å². The van der Waals surface area contributed by atoms with Gasteiger partial charge < -0.3 is 15.0 Å². The lowest BCUT2D eigenvalue weighted by Crippen LogP contribution is -2.50. The Hall–Kier alpha value is -2.96. The molecule has 0 unspecified atom stereocenters. The quantitative estimate of drug-likeness (QED) is 0.539. The van der Waals surface area contributed by atoms with Crippen LogP contribution in [0.1, 0.15) is 24.5 Å². The SMILES string of the molecule is C[C@H]1CN(C(=O)OCc2ccccc2)CC[C@H]1NCc1cccc(-c2ccnc(Cl)n2)c1. The van der Waals surface area contributed by atoms with E-state index in [2.05, 4.69) is 34.3 Å². The van der Waals surface area contributed by atoms with E-state index in [1.807, 2.05) is 53.4 Å². The van der Waals surface area contributed by atoms with Gasteiger partial charge in [-0.2, -0.15) is 0 Å². The third-order valence-electron chi connectivity index (χ3n) is 5.79. The van der Waals surface area contributed by atoms with Gasteiger partial charge in [0.2, 0.25) is 5.28 Å². The van der Waals surface area contributed by atoms with Crippen molar-refractivity contribution in [3.05, 3.63) is 83.3 Å². The Balaban J connectivity index is 1.27. The molecule has 4 rings (SSSR count). The maximum Gasteiger partial charge on any atom is 0.410 e. The van der Waals surface area contributed by atoms with Crippen LogP contribution in [0.25, 0.3) is 11.3 Å². The van der Waals surface area contributed by atoms with Crippen LogP contribution in [-0.2, 0) is 17.9 Å². The van der Waals surface area contributed by atoms with Crippen molar-refractivity contribution >= 4 is 17.7 Å². The number of aromatic nitrogens is 2. The molecule has 0 saturated carbocycles. The highest BCUT2D eigenvalue weighted by molar-refractivity contribution is 6.28. The molecule has 0 bridgehead atoms. The average molecular weight is 451 g/mol. The Morgan fingerprint density at radius 3 is 2.75 bits per heavy atom. The van der Waals surface area contributed by atoms with Crippen molar-refractivity contribution in [2.75, 3.05) is 13.1 Å². The molecule has 1 aliphatic heterocycles. The molecule has 2 aromatic carbocycles. The van der Waals surface area contributed by atoms with Gasteiger partial charge in [0.15, 0.2) is 0 Å². The Labute approximate surface area is 193 Å². The van der Waals surface area contributed by atoms with Gasteiger partial charge in [0.05, 0.1) is 5.69 Å². The zero-order chi connectivity index (χ0) is 22.3. The van der Waals surface area contributed by atoms with Gasteiger partial charge in [0, 0.05) is 37.4 Å². The summed E-state index contributed by atoms with van der Waals surface area (Å²) in [6, 6.07) is 20.2. The van der Waals surface area contributed by atoms with Crippen LogP contribution in [0.3, 0.4) is 0 Å².